The van der Waals surface area contributed by atoms with Crippen molar-refractivity contribution in [3.63, 3.8) is 0 Å². The fourth-order valence-electron chi connectivity index (χ4n) is 5.66. The molecule has 6 nitrogen and oxygen atoms in total. The molecule has 0 aliphatic carbocycles. The smallest absolute Gasteiger partial charge is 0.416 e. The first-order valence-electron chi connectivity index (χ1n) is 16.4. The fraction of sp³-hybridized carbons (Fsp3) is 0.275. The van der Waals surface area contributed by atoms with Gasteiger partial charge in [-0.15, -0.1) is 0 Å². The summed E-state index contributed by atoms with van der Waals surface area (Å²) in [6.45, 7) is 4.61. The lowest BCUT2D eigenvalue weighted by molar-refractivity contribution is -0.146. The van der Waals surface area contributed by atoms with Crippen LogP contribution in [0.5, 0.6) is 0 Å². The molecule has 0 fully saturated rings. The maximum absolute atomic E-state index is 14.0. The van der Waals surface area contributed by atoms with Gasteiger partial charge in [0.05, 0.1) is 24.3 Å². The van der Waals surface area contributed by atoms with E-state index in [-0.39, 0.29) is 30.8 Å². The minimum atomic E-state index is -4.66. The Morgan fingerprint density at radius 1 is 0.673 bits per heavy atom. The molecule has 12 heteroatoms. The van der Waals surface area contributed by atoms with E-state index in [2.05, 4.69) is 10.6 Å². The molecule has 0 spiro atoms. The first-order chi connectivity index (χ1) is 24.5. The van der Waals surface area contributed by atoms with Crippen LogP contribution >= 0.6 is 0 Å². The summed E-state index contributed by atoms with van der Waals surface area (Å²) in [5.74, 6) is -1.31. The largest absolute Gasteiger partial charge is 0.480 e. The summed E-state index contributed by atoms with van der Waals surface area (Å²) in [4.78, 5) is 11.5. The molecule has 1 atom stereocenters. The van der Waals surface area contributed by atoms with Gasteiger partial charge in [0.15, 0.2) is 0 Å². The van der Waals surface area contributed by atoms with Crippen LogP contribution in [0.4, 0.5) is 26.3 Å². The molecule has 4 aromatic rings. The first-order valence-corrected chi connectivity index (χ1v) is 16.4. The van der Waals surface area contributed by atoms with Gasteiger partial charge in [-0.05, 0) is 101 Å². The summed E-state index contributed by atoms with van der Waals surface area (Å²) in [6.07, 6.45) is -3.28. The van der Waals surface area contributed by atoms with Gasteiger partial charge in [-0.2, -0.15) is 26.3 Å². The third-order valence-electron chi connectivity index (χ3n) is 8.86. The van der Waals surface area contributed by atoms with E-state index in [1.54, 1.807) is 36.4 Å². The van der Waals surface area contributed by atoms with Crippen molar-refractivity contribution in [1.82, 2.24) is 10.6 Å². The van der Waals surface area contributed by atoms with E-state index < -0.39 is 41.6 Å². The van der Waals surface area contributed by atoms with Crippen LogP contribution < -0.4 is 10.6 Å². The highest BCUT2D eigenvalue weighted by Crippen LogP contribution is 2.36. The molecule has 0 bridgehead atoms. The molecule has 5 N–H and O–H groups in total. The van der Waals surface area contributed by atoms with Gasteiger partial charge in [0.25, 0.3) is 0 Å². The molecular formula is C40H40F6N2O4. The minimum Gasteiger partial charge on any atom is -0.480 e. The second-order valence-electron chi connectivity index (χ2n) is 12.6. The summed E-state index contributed by atoms with van der Waals surface area (Å²) in [5, 5.41) is 33.6. The number of halogens is 6. The van der Waals surface area contributed by atoms with Gasteiger partial charge in [0, 0.05) is 19.6 Å². The Bertz CT molecular complexity index is 1950. The van der Waals surface area contributed by atoms with E-state index in [0.717, 1.165) is 34.4 Å². The number of aliphatic carboxylic acids is 1. The summed E-state index contributed by atoms with van der Waals surface area (Å²) < 4.78 is 83.6. The van der Waals surface area contributed by atoms with Crippen LogP contribution in [0.25, 0.3) is 35.4 Å². The first kappa shape index (κ1) is 40.0. The monoisotopic (exact) mass is 726 g/mol. The maximum Gasteiger partial charge on any atom is 0.416 e. The fourth-order valence-corrected chi connectivity index (χ4v) is 5.66. The molecule has 0 unspecified atom stereocenters. The van der Waals surface area contributed by atoms with E-state index in [1.807, 2.05) is 26.0 Å². The van der Waals surface area contributed by atoms with E-state index in [9.17, 15) is 41.4 Å². The quantitative estimate of drug-likeness (QED) is 0.0509. The molecule has 0 aliphatic rings. The van der Waals surface area contributed by atoms with Gasteiger partial charge in [-0.3, -0.25) is 10.1 Å². The molecule has 0 saturated heterocycles. The highest BCUT2D eigenvalue weighted by atomic mass is 19.4. The van der Waals surface area contributed by atoms with Crippen molar-refractivity contribution in [1.29, 1.82) is 0 Å². The third kappa shape index (κ3) is 9.77. The van der Waals surface area contributed by atoms with Crippen LogP contribution in [0.2, 0.25) is 0 Å². The predicted molar refractivity (Wildman–Crippen MR) is 191 cm³/mol. The molecule has 0 saturated carbocycles. The lowest BCUT2D eigenvalue weighted by Gasteiger charge is -2.24. The standard InChI is InChI=1S/C40H40F6N2O4/c1-25-29(12-14-31-20-27(22-47-18-19-49)10-16-35(31)39(41,42)43)6-4-8-33(25)34-9-5-7-30(26(34)2)13-15-32-21-28(11-17-36(32)40(44,45)46)23-48-38(3,24-50)37(51)52/h4-17,20-21,47-50H,18-19,22-24H2,1-3H3,(H,51,52)/b14-12+,15-13+/t38-/m0/s1. The Morgan fingerprint density at radius 2 is 1.12 bits per heavy atom. The SMILES string of the molecule is Cc1c(/C=C/c2cc(CNCCO)ccc2C(F)(F)F)cccc1-c1cccc(/C=C/c2cc(CN[C@@](C)(CO)C(=O)O)ccc2C(F)(F)F)c1C. The van der Waals surface area contributed by atoms with E-state index in [1.165, 1.54) is 43.3 Å². The average molecular weight is 727 g/mol. The average Bonchev–Trinajstić information content (AvgIpc) is 3.09. The molecule has 52 heavy (non-hydrogen) atoms. The van der Waals surface area contributed by atoms with Crippen LogP contribution in [-0.2, 0) is 30.2 Å². The molecule has 276 valence electrons. The summed E-state index contributed by atoms with van der Waals surface area (Å²) in [6, 6.07) is 18.2. The Kier molecular flexibility index (Phi) is 12.9. The van der Waals surface area contributed by atoms with E-state index >= 15 is 0 Å². The van der Waals surface area contributed by atoms with Crippen molar-refractivity contribution in [3.05, 3.63) is 128 Å². The number of alkyl halides is 6. The summed E-state index contributed by atoms with van der Waals surface area (Å²) in [7, 11) is 0. The number of carboxylic acids is 1. The summed E-state index contributed by atoms with van der Waals surface area (Å²) >= 11 is 0. The lowest BCUT2D eigenvalue weighted by atomic mass is 9.90. The van der Waals surface area contributed by atoms with Crippen molar-refractivity contribution in [3.8, 4) is 11.1 Å². The highest BCUT2D eigenvalue weighted by molar-refractivity contribution is 5.82. The van der Waals surface area contributed by atoms with Gasteiger partial charge in [-0.1, -0.05) is 72.8 Å². The molecule has 4 aromatic carbocycles. The zero-order valence-corrected chi connectivity index (χ0v) is 28.8. The number of aliphatic hydroxyl groups is 2. The molecule has 0 radical (unpaired) electrons. The Hall–Kier alpha value is -4.75. The second kappa shape index (κ2) is 16.7. The molecule has 0 aromatic heterocycles. The highest BCUT2D eigenvalue weighted by Gasteiger charge is 2.34. The Balaban J connectivity index is 1.67. The van der Waals surface area contributed by atoms with Crippen molar-refractivity contribution in [2.75, 3.05) is 19.8 Å². The van der Waals surface area contributed by atoms with Crippen molar-refractivity contribution in [2.24, 2.45) is 0 Å². The number of rotatable bonds is 14. The number of benzene rings is 4. The maximum atomic E-state index is 14.0. The normalized spacial score (nSPS) is 13.6. The van der Waals surface area contributed by atoms with Crippen molar-refractivity contribution >= 4 is 30.3 Å². The third-order valence-corrected chi connectivity index (χ3v) is 8.86. The molecular weight excluding hydrogens is 686 g/mol. The topological polar surface area (TPSA) is 102 Å². The predicted octanol–water partition coefficient (Wildman–Crippen LogP) is 8.36. The van der Waals surface area contributed by atoms with Gasteiger partial charge < -0.3 is 20.6 Å². The molecule has 4 rings (SSSR count). The van der Waals surface area contributed by atoms with Gasteiger partial charge in [-0.25, -0.2) is 0 Å². The molecule has 0 heterocycles. The second-order valence-corrected chi connectivity index (χ2v) is 12.6. The van der Waals surface area contributed by atoms with Gasteiger partial charge >= 0.3 is 18.3 Å². The van der Waals surface area contributed by atoms with Crippen LogP contribution in [-0.4, -0.2) is 46.6 Å². The minimum absolute atomic E-state index is 0.00806. The lowest BCUT2D eigenvalue weighted by Crippen LogP contribution is -2.52. The van der Waals surface area contributed by atoms with Crippen LogP contribution in [0, 0.1) is 13.8 Å². The Labute approximate surface area is 298 Å². The van der Waals surface area contributed by atoms with Crippen LogP contribution in [0.15, 0.2) is 72.8 Å². The zero-order valence-electron chi connectivity index (χ0n) is 28.8. The number of aliphatic hydroxyl groups excluding tert-OH is 2. The number of hydrogen-bond acceptors (Lipinski definition) is 5. The number of carbonyl (C=O) groups is 1. The molecule has 0 aliphatic heterocycles. The van der Waals surface area contributed by atoms with Gasteiger partial charge in [0.2, 0.25) is 0 Å². The van der Waals surface area contributed by atoms with Gasteiger partial charge in [0.1, 0.15) is 5.54 Å². The number of hydrogen-bond donors (Lipinski definition) is 5. The van der Waals surface area contributed by atoms with Crippen LogP contribution in [0.3, 0.4) is 0 Å². The van der Waals surface area contributed by atoms with E-state index in [4.69, 9.17) is 5.11 Å². The van der Waals surface area contributed by atoms with Crippen molar-refractivity contribution < 1.29 is 46.5 Å². The number of nitrogens with one attached hydrogen (secondary N) is 2. The molecule has 0 amide bonds. The Morgan fingerprint density at radius 3 is 1.52 bits per heavy atom. The number of carboxylic acid groups (broad SMARTS) is 1. The van der Waals surface area contributed by atoms with E-state index in [0.29, 0.717) is 28.8 Å². The summed E-state index contributed by atoms with van der Waals surface area (Å²) in [5.41, 5.74) is 1.97. The van der Waals surface area contributed by atoms with Crippen molar-refractivity contribution in [2.45, 2.75) is 51.8 Å². The van der Waals surface area contributed by atoms with Crippen LogP contribution in [0.1, 0.15) is 62.6 Å². The zero-order chi connectivity index (χ0) is 38.3.